The van der Waals surface area contributed by atoms with Gasteiger partial charge in [0.2, 0.25) is 0 Å². The molecular weight excluding hydrogens is 282 g/mol. The van der Waals surface area contributed by atoms with Crippen LogP contribution in [0.25, 0.3) is 0 Å². The van der Waals surface area contributed by atoms with Crippen molar-refractivity contribution in [2.24, 2.45) is 0 Å². The molecule has 1 aromatic carbocycles. The lowest BCUT2D eigenvalue weighted by molar-refractivity contribution is -0.905. The first-order chi connectivity index (χ1) is 11.0. The second-order valence-electron chi connectivity index (χ2n) is 8.44. The maximum atomic E-state index is 6.07. The van der Waals surface area contributed by atoms with Gasteiger partial charge in [0.1, 0.15) is 0 Å². The molecule has 0 radical (unpaired) electrons. The zero-order valence-corrected chi connectivity index (χ0v) is 15.3. The summed E-state index contributed by atoms with van der Waals surface area (Å²) in [6, 6.07) is 9.06. The van der Waals surface area contributed by atoms with Crippen LogP contribution in [0.1, 0.15) is 63.5 Å². The predicted molar refractivity (Wildman–Crippen MR) is 96.2 cm³/mol. The van der Waals surface area contributed by atoms with Crippen LogP contribution in [0, 0.1) is 6.92 Å². The minimum atomic E-state index is -0.00222. The van der Waals surface area contributed by atoms with Gasteiger partial charge in [0, 0.05) is 18.4 Å². The molecule has 2 heterocycles. The first-order valence-corrected chi connectivity index (χ1v) is 9.55. The zero-order chi connectivity index (χ0) is 16.3. The molecule has 0 spiro atoms. The molecule has 2 fully saturated rings. The third-order valence-corrected chi connectivity index (χ3v) is 6.07. The van der Waals surface area contributed by atoms with Gasteiger partial charge >= 0.3 is 0 Å². The summed E-state index contributed by atoms with van der Waals surface area (Å²) in [5.41, 5.74) is 3.33. The van der Waals surface area contributed by atoms with Crippen LogP contribution >= 0.6 is 0 Å². The number of benzene rings is 1. The Balaban J connectivity index is 1.82. The van der Waals surface area contributed by atoms with Crippen LogP contribution in [0.2, 0.25) is 0 Å². The highest BCUT2D eigenvalue weighted by Gasteiger charge is 2.43. The van der Waals surface area contributed by atoms with Gasteiger partial charge in [0.05, 0.1) is 25.2 Å². The van der Waals surface area contributed by atoms with Crippen LogP contribution in [-0.4, -0.2) is 31.8 Å². The Labute approximate surface area is 142 Å². The summed E-state index contributed by atoms with van der Waals surface area (Å²) >= 11 is 0. The molecule has 2 aliphatic heterocycles. The SMILES string of the molecule is Cc1ccccc1[C@]1(CC[NH+]2CCCCC2)CCOC(C)(C)C1. The Morgan fingerprint density at radius 2 is 1.83 bits per heavy atom. The monoisotopic (exact) mass is 316 g/mol. The Morgan fingerprint density at radius 3 is 2.52 bits per heavy atom. The van der Waals surface area contributed by atoms with E-state index in [0.29, 0.717) is 5.41 Å². The van der Waals surface area contributed by atoms with E-state index in [4.69, 9.17) is 4.74 Å². The molecular formula is C21H34NO+. The molecule has 3 rings (SSSR count). The standard InChI is InChI=1S/C21H33NO/c1-18-9-5-6-10-19(18)21(12-16-23-20(2,3)17-21)11-15-22-13-7-4-8-14-22/h5-6,9-10H,4,7-8,11-17H2,1-3H3/p+1/t21-/m1/s1. The molecule has 128 valence electrons. The summed E-state index contributed by atoms with van der Waals surface area (Å²) in [5, 5.41) is 0. The lowest BCUT2D eigenvalue weighted by Gasteiger charge is -2.46. The molecule has 1 atom stereocenters. The fourth-order valence-corrected chi connectivity index (χ4v) is 4.94. The van der Waals surface area contributed by atoms with Crippen molar-refractivity contribution in [1.29, 1.82) is 0 Å². The van der Waals surface area contributed by atoms with Gasteiger partial charge in [-0.1, -0.05) is 24.3 Å². The predicted octanol–water partition coefficient (Wildman–Crippen LogP) is 3.28. The number of rotatable bonds is 4. The Kier molecular flexibility index (Phi) is 5.13. The number of aryl methyl sites for hydroxylation is 1. The highest BCUT2D eigenvalue weighted by atomic mass is 16.5. The van der Waals surface area contributed by atoms with Gasteiger partial charge in [0.25, 0.3) is 0 Å². The fourth-order valence-electron chi connectivity index (χ4n) is 4.94. The van der Waals surface area contributed by atoms with Gasteiger partial charge in [-0.25, -0.2) is 0 Å². The molecule has 1 N–H and O–H groups in total. The third-order valence-electron chi connectivity index (χ3n) is 6.07. The molecule has 23 heavy (non-hydrogen) atoms. The highest BCUT2D eigenvalue weighted by Crippen LogP contribution is 2.44. The number of hydrogen-bond donors (Lipinski definition) is 1. The zero-order valence-electron chi connectivity index (χ0n) is 15.3. The van der Waals surface area contributed by atoms with Gasteiger partial charge in [-0.15, -0.1) is 0 Å². The summed E-state index contributed by atoms with van der Waals surface area (Å²) < 4.78 is 6.07. The average Bonchev–Trinajstić information content (AvgIpc) is 2.53. The molecule has 0 aromatic heterocycles. The number of nitrogens with one attached hydrogen (secondary N) is 1. The van der Waals surface area contributed by atoms with Gasteiger partial charge in [-0.05, 0) is 64.0 Å². The normalized spacial score (nSPS) is 28.7. The van der Waals surface area contributed by atoms with Crippen molar-refractivity contribution in [2.45, 2.75) is 70.3 Å². The van der Waals surface area contributed by atoms with Crippen molar-refractivity contribution >= 4 is 0 Å². The average molecular weight is 317 g/mol. The molecule has 2 heteroatoms. The molecule has 2 nitrogen and oxygen atoms in total. The summed E-state index contributed by atoms with van der Waals surface area (Å²) in [5.74, 6) is 0. The van der Waals surface area contributed by atoms with Crippen LogP contribution in [0.3, 0.4) is 0 Å². The second-order valence-corrected chi connectivity index (χ2v) is 8.44. The molecule has 2 saturated heterocycles. The number of piperidine rings is 1. The van der Waals surface area contributed by atoms with Crippen molar-refractivity contribution in [2.75, 3.05) is 26.2 Å². The van der Waals surface area contributed by atoms with Gasteiger partial charge in [0.15, 0.2) is 0 Å². The quantitative estimate of drug-likeness (QED) is 0.900. The van der Waals surface area contributed by atoms with E-state index in [1.54, 1.807) is 5.56 Å². The van der Waals surface area contributed by atoms with E-state index in [-0.39, 0.29) is 5.60 Å². The van der Waals surface area contributed by atoms with E-state index >= 15 is 0 Å². The minimum absolute atomic E-state index is 0.00222. The van der Waals surface area contributed by atoms with E-state index in [9.17, 15) is 0 Å². The first-order valence-electron chi connectivity index (χ1n) is 9.55. The topological polar surface area (TPSA) is 13.7 Å². The molecule has 0 amide bonds. The van der Waals surface area contributed by atoms with Crippen LogP contribution in [0.5, 0.6) is 0 Å². The van der Waals surface area contributed by atoms with Crippen LogP contribution in [0.4, 0.5) is 0 Å². The number of quaternary nitrogens is 1. The molecule has 0 saturated carbocycles. The highest BCUT2D eigenvalue weighted by molar-refractivity contribution is 5.34. The largest absolute Gasteiger partial charge is 0.376 e. The smallest absolute Gasteiger partial charge is 0.0779 e. The molecule has 0 unspecified atom stereocenters. The minimum Gasteiger partial charge on any atom is -0.376 e. The van der Waals surface area contributed by atoms with E-state index in [1.807, 2.05) is 4.90 Å². The third kappa shape index (κ3) is 3.97. The second kappa shape index (κ2) is 6.94. The van der Waals surface area contributed by atoms with Crippen LogP contribution in [0.15, 0.2) is 24.3 Å². The lowest BCUT2D eigenvalue weighted by Crippen LogP contribution is -3.13. The number of hydrogen-bond acceptors (Lipinski definition) is 1. The molecule has 0 bridgehead atoms. The van der Waals surface area contributed by atoms with Crippen LogP contribution < -0.4 is 4.90 Å². The molecule has 2 aliphatic rings. The van der Waals surface area contributed by atoms with Gasteiger partial charge in [-0.2, -0.15) is 0 Å². The van der Waals surface area contributed by atoms with E-state index in [2.05, 4.69) is 45.0 Å². The summed E-state index contributed by atoms with van der Waals surface area (Å²) in [6.45, 7) is 11.8. The van der Waals surface area contributed by atoms with E-state index in [1.165, 1.54) is 57.3 Å². The van der Waals surface area contributed by atoms with Crippen LogP contribution in [-0.2, 0) is 10.2 Å². The van der Waals surface area contributed by atoms with Gasteiger partial charge in [-0.3, -0.25) is 0 Å². The Bertz CT molecular complexity index is 518. The fraction of sp³-hybridized carbons (Fsp3) is 0.714. The lowest BCUT2D eigenvalue weighted by atomic mass is 9.66. The molecule has 0 aliphatic carbocycles. The Hall–Kier alpha value is -0.860. The van der Waals surface area contributed by atoms with E-state index in [0.717, 1.165) is 13.0 Å². The Morgan fingerprint density at radius 1 is 1.09 bits per heavy atom. The maximum Gasteiger partial charge on any atom is 0.0779 e. The maximum absolute atomic E-state index is 6.07. The van der Waals surface area contributed by atoms with Crippen molar-refractivity contribution in [3.8, 4) is 0 Å². The summed E-state index contributed by atoms with van der Waals surface area (Å²) in [7, 11) is 0. The van der Waals surface area contributed by atoms with Crippen molar-refractivity contribution < 1.29 is 9.64 Å². The van der Waals surface area contributed by atoms with E-state index < -0.39 is 0 Å². The molecule has 1 aromatic rings. The first kappa shape index (κ1) is 17.0. The van der Waals surface area contributed by atoms with Gasteiger partial charge < -0.3 is 9.64 Å². The van der Waals surface area contributed by atoms with Crippen molar-refractivity contribution in [3.63, 3.8) is 0 Å². The van der Waals surface area contributed by atoms with Crippen molar-refractivity contribution in [3.05, 3.63) is 35.4 Å². The summed E-state index contributed by atoms with van der Waals surface area (Å²) in [6.07, 6.45) is 7.91. The summed E-state index contributed by atoms with van der Waals surface area (Å²) in [4.78, 5) is 1.83. The number of likely N-dealkylation sites (tertiary alicyclic amines) is 1. The van der Waals surface area contributed by atoms with Crippen molar-refractivity contribution in [1.82, 2.24) is 0 Å². The number of ether oxygens (including phenoxy) is 1.